The minimum Gasteiger partial charge on any atom is -0.497 e. The standard InChI is InChI=1S/C38H43N3O6S/c1-3-36(38(43)39-30-15-7-4-8-16-30)40(27-29-14-13-19-34(26-29)46-2)37(42)28-41(48(44,45)35-20-11-6-12-21-35)31-22-24-33(25-23-31)47-32-17-9-5-10-18-32/h5-6,9-14,17-26,30,36H,3-4,7-8,15-16,27-28H2,1-2H3,(H,39,43)/t36-/m1/s1. The Hall–Kier alpha value is -4.83. The minimum absolute atomic E-state index is 0.0452. The average Bonchev–Trinajstić information content (AvgIpc) is 3.12. The summed E-state index contributed by atoms with van der Waals surface area (Å²) in [5, 5.41) is 3.18. The molecule has 0 unspecified atom stereocenters. The first-order chi connectivity index (χ1) is 23.3. The molecule has 0 spiro atoms. The normalized spacial score (nSPS) is 14.0. The molecule has 0 heterocycles. The highest BCUT2D eigenvalue weighted by molar-refractivity contribution is 7.92. The van der Waals surface area contributed by atoms with Crippen LogP contribution in [0.15, 0.2) is 114 Å². The summed E-state index contributed by atoms with van der Waals surface area (Å²) in [7, 11) is -2.62. The van der Waals surface area contributed by atoms with Crippen molar-refractivity contribution in [3.63, 3.8) is 0 Å². The van der Waals surface area contributed by atoms with Gasteiger partial charge in [-0.2, -0.15) is 0 Å². The van der Waals surface area contributed by atoms with Gasteiger partial charge in [0.05, 0.1) is 17.7 Å². The Balaban J connectivity index is 1.48. The van der Waals surface area contributed by atoms with Crippen LogP contribution in [0, 0.1) is 0 Å². The molecule has 9 nitrogen and oxygen atoms in total. The maximum Gasteiger partial charge on any atom is 0.264 e. The Kier molecular flexibility index (Phi) is 11.7. The molecular formula is C38H43N3O6S. The van der Waals surface area contributed by atoms with Crippen molar-refractivity contribution in [3.05, 3.63) is 115 Å². The van der Waals surface area contributed by atoms with Gasteiger partial charge in [0.2, 0.25) is 11.8 Å². The van der Waals surface area contributed by atoms with Gasteiger partial charge in [0.25, 0.3) is 10.0 Å². The number of carbonyl (C=O) groups is 2. The fraction of sp³-hybridized carbons (Fsp3) is 0.316. The van der Waals surface area contributed by atoms with Crippen molar-refractivity contribution in [1.29, 1.82) is 0 Å². The van der Waals surface area contributed by atoms with E-state index in [1.165, 1.54) is 17.0 Å². The van der Waals surface area contributed by atoms with Crippen LogP contribution >= 0.6 is 0 Å². The van der Waals surface area contributed by atoms with Crippen molar-refractivity contribution in [2.75, 3.05) is 18.0 Å². The summed E-state index contributed by atoms with van der Waals surface area (Å²) in [5.74, 6) is 1.02. The number of rotatable bonds is 14. The number of carbonyl (C=O) groups excluding carboxylic acids is 2. The second kappa shape index (κ2) is 16.3. The summed E-state index contributed by atoms with van der Waals surface area (Å²) in [4.78, 5) is 29.8. The number of nitrogens with zero attached hydrogens (tertiary/aromatic N) is 2. The Bertz CT molecular complexity index is 1740. The quantitative estimate of drug-likeness (QED) is 0.156. The lowest BCUT2D eigenvalue weighted by atomic mass is 9.95. The Morgan fingerprint density at radius 2 is 1.44 bits per heavy atom. The number of methoxy groups -OCH3 is 1. The molecule has 0 saturated heterocycles. The summed E-state index contributed by atoms with van der Waals surface area (Å²) in [6.07, 6.45) is 5.41. The lowest BCUT2D eigenvalue weighted by molar-refractivity contribution is -0.140. The van der Waals surface area contributed by atoms with Crippen LogP contribution in [0.25, 0.3) is 0 Å². The molecule has 1 fully saturated rings. The van der Waals surface area contributed by atoms with Crippen molar-refractivity contribution in [2.24, 2.45) is 0 Å². The molecule has 1 aliphatic carbocycles. The van der Waals surface area contributed by atoms with Crippen LogP contribution in [0.3, 0.4) is 0 Å². The second-order valence-electron chi connectivity index (χ2n) is 11.9. The van der Waals surface area contributed by atoms with E-state index in [0.717, 1.165) is 42.0 Å². The number of ether oxygens (including phenoxy) is 2. The highest BCUT2D eigenvalue weighted by Crippen LogP contribution is 2.29. The van der Waals surface area contributed by atoms with E-state index in [-0.39, 0.29) is 29.1 Å². The lowest BCUT2D eigenvalue weighted by Gasteiger charge is -2.34. The molecule has 48 heavy (non-hydrogen) atoms. The summed E-state index contributed by atoms with van der Waals surface area (Å²) < 4.78 is 40.8. The lowest BCUT2D eigenvalue weighted by Crippen LogP contribution is -2.54. The summed E-state index contributed by atoms with van der Waals surface area (Å²) in [6.45, 7) is 1.43. The van der Waals surface area contributed by atoms with E-state index in [1.807, 2.05) is 61.5 Å². The molecule has 0 radical (unpaired) electrons. The SMILES string of the molecule is CC[C@H](C(=O)NC1CCCCC1)N(Cc1cccc(OC)c1)C(=O)CN(c1ccc(Oc2ccccc2)cc1)S(=O)(=O)c1ccccc1. The zero-order valence-electron chi connectivity index (χ0n) is 27.5. The molecule has 0 aromatic heterocycles. The van der Waals surface area contributed by atoms with Crippen molar-refractivity contribution in [2.45, 2.75) is 69.0 Å². The number of hydrogen-bond donors (Lipinski definition) is 1. The molecule has 4 aromatic carbocycles. The van der Waals surface area contributed by atoms with Gasteiger partial charge in [0.15, 0.2) is 0 Å². The van der Waals surface area contributed by atoms with Crippen LogP contribution in [-0.4, -0.2) is 50.9 Å². The smallest absolute Gasteiger partial charge is 0.264 e. The highest BCUT2D eigenvalue weighted by atomic mass is 32.2. The number of anilines is 1. The fourth-order valence-electron chi connectivity index (χ4n) is 5.98. The third kappa shape index (κ3) is 8.74. The Morgan fingerprint density at radius 1 is 0.812 bits per heavy atom. The first-order valence-electron chi connectivity index (χ1n) is 16.4. The molecule has 1 aliphatic rings. The Morgan fingerprint density at radius 3 is 2.08 bits per heavy atom. The van der Waals surface area contributed by atoms with E-state index >= 15 is 0 Å². The maximum atomic E-state index is 14.5. The van der Waals surface area contributed by atoms with E-state index < -0.39 is 28.5 Å². The second-order valence-corrected chi connectivity index (χ2v) is 13.7. The van der Waals surface area contributed by atoms with Crippen molar-refractivity contribution >= 4 is 27.5 Å². The molecule has 2 amide bonds. The zero-order chi connectivity index (χ0) is 33.9. The van der Waals surface area contributed by atoms with Gasteiger partial charge in [0.1, 0.15) is 29.8 Å². The number of amides is 2. The maximum absolute atomic E-state index is 14.5. The van der Waals surface area contributed by atoms with Crippen molar-refractivity contribution in [1.82, 2.24) is 10.2 Å². The fourth-order valence-corrected chi connectivity index (χ4v) is 7.42. The molecule has 1 N–H and O–H groups in total. The van der Waals surface area contributed by atoms with Crippen LogP contribution in [0.4, 0.5) is 5.69 Å². The predicted molar refractivity (Wildman–Crippen MR) is 187 cm³/mol. The van der Waals surface area contributed by atoms with Gasteiger partial charge in [-0.15, -0.1) is 0 Å². The van der Waals surface area contributed by atoms with Gasteiger partial charge >= 0.3 is 0 Å². The summed E-state index contributed by atoms with van der Waals surface area (Å²) in [5.41, 5.74) is 1.04. The topological polar surface area (TPSA) is 105 Å². The molecule has 4 aromatic rings. The van der Waals surface area contributed by atoms with Crippen LogP contribution in [0.5, 0.6) is 17.2 Å². The number of para-hydroxylation sites is 1. The molecular weight excluding hydrogens is 627 g/mol. The molecule has 0 aliphatic heterocycles. The third-order valence-corrected chi connectivity index (χ3v) is 10.3. The molecule has 1 atom stereocenters. The van der Waals surface area contributed by atoms with Crippen LogP contribution in [0.1, 0.15) is 51.0 Å². The van der Waals surface area contributed by atoms with E-state index in [1.54, 1.807) is 49.6 Å². The molecule has 252 valence electrons. The largest absolute Gasteiger partial charge is 0.497 e. The van der Waals surface area contributed by atoms with Crippen LogP contribution in [0.2, 0.25) is 0 Å². The van der Waals surface area contributed by atoms with E-state index in [2.05, 4.69) is 5.32 Å². The number of nitrogens with one attached hydrogen (secondary N) is 1. The molecule has 0 bridgehead atoms. The highest BCUT2D eigenvalue weighted by Gasteiger charge is 2.34. The molecule has 5 rings (SSSR count). The van der Waals surface area contributed by atoms with Crippen molar-refractivity contribution in [3.8, 4) is 17.2 Å². The van der Waals surface area contributed by atoms with E-state index in [0.29, 0.717) is 23.7 Å². The van der Waals surface area contributed by atoms with Crippen LogP contribution in [-0.2, 0) is 26.2 Å². The van der Waals surface area contributed by atoms with E-state index in [9.17, 15) is 18.0 Å². The first-order valence-corrected chi connectivity index (χ1v) is 17.9. The number of benzene rings is 4. The first kappa shape index (κ1) is 34.5. The molecule has 10 heteroatoms. The third-order valence-electron chi connectivity index (χ3n) is 8.54. The van der Waals surface area contributed by atoms with E-state index in [4.69, 9.17) is 9.47 Å². The van der Waals surface area contributed by atoms with Gasteiger partial charge in [-0.25, -0.2) is 8.42 Å². The van der Waals surface area contributed by atoms with Crippen molar-refractivity contribution < 1.29 is 27.5 Å². The van der Waals surface area contributed by atoms with Gasteiger partial charge in [-0.3, -0.25) is 13.9 Å². The Labute approximate surface area is 283 Å². The number of sulfonamides is 1. The monoisotopic (exact) mass is 669 g/mol. The van der Waals surface area contributed by atoms with Gasteiger partial charge < -0.3 is 19.7 Å². The minimum atomic E-state index is -4.19. The summed E-state index contributed by atoms with van der Waals surface area (Å²) in [6, 6.07) is 30.4. The summed E-state index contributed by atoms with van der Waals surface area (Å²) >= 11 is 0. The predicted octanol–water partition coefficient (Wildman–Crippen LogP) is 6.94. The average molecular weight is 670 g/mol. The molecule has 1 saturated carbocycles. The van der Waals surface area contributed by atoms with Gasteiger partial charge in [-0.05, 0) is 85.5 Å². The van der Waals surface area contributed by atoms with Crippen LogP contribution < -0.4 is 19.1 Å². The van der Waals surface area contributed by atoms with Gasteiger partial charge in [0, 0.05) is 12.6 Å². The van der Waals surface area contributed by atoms with Gasteiger partial charge in [-0.1, -0.05) is 74.7 Å². The zero-order valence-corrected chi connectivity index (χ0v) is 28.3. The number of hydrogen-bond acceptors (Lipinski definition) is 6.